The van der Waals surface area contributed by atoms with Gasteiger partial charge in [-0.3, -0.25) is 4.57 Å². The molecule has 5 nitrogen and oxygen atoms in total. The first-order valence-corrected chi connectivity index (χ1v) is 7.80. The second-order valence-electron chi connectivity index (χ2n) is 5.85. The lowest BCUT2D eigenvalue weighted by Crippen LogP contribution is -2.00. The first-order valence-electron chi connectivity index (χ1n) is 7.80. The number of nitrogens with one attached hydrogen (secondary N) is 1. The van der Waals surface area contributed by atoms with Gasteiger partial charge in [0.05, 0.1) is 6.20 Å². The lowest BCUT2D eigenvalue weighted by Gasteiger charge is -2.08. The molecule has 118 valence electrons. The average molecular weight is 315 g/mol. The highest BCUT2D eigenvalue weighted by molar-refractivity contribution is 5.74. The van der Waals surface area contributed by atoms with Gasteiger partial charge in [-0.05, 0) is 49.2 Å². The minimum atomic E-state index is 0.560. The molecule has 2 aromatic heterocycles. The Balaban J connectivity index is 1.75. The quantitative estimate of drug-likeness (QED) is 0.616. The number of hydrogen-bond donors (Lipinski definition) is 1. The van der Waals surface area contributed by atoms with Gasteiger partial charge < -0.3 is 5.32 Å². The predicted molar refractivity (Wildman–Crippen MR) is 95.9 cm³/mol. The van der Waals surface area contributed by atoms with E-state index in [4.69, 9.17) is 0 Å². The Morgan fingerprint density at radius 1 is 0.917 bits per heavy atom. The number of anilines is 2. The Morgan fingerprint density at radius 3 is 2.42 bits per heavy atom. The fourth-order valence-corrected chi connectivity index (χ4v) is 2.82. The van der Waals surface area contributed by atoms with E-state index in [1.807, 2.05) is 34.9 Å². The zero-order valence-corrected chi connectivity index (χ0v) is 13.6. The van der Waals surface area contributed by atoms with Gasteiger partial charge in [0.25, 0.3) is 0 Å². The van der Waals surface area contributed by atoms with Gasteiger partial charge in [-0.25, -0.2) is 9.97 Å². The minimum absolute atomic E-state index is 0.560. The first-order chi connectivity index (χ1) is 11.7. The van der Waals surface area contributed by atoms with E-state index < -0.39 is 0 Å². The summed E-state index contributed by atoms with van der Waals surface area (Å²) in [5, 5.41) is 3.28. The Hall–Kier alpha value is -3.21. The lowest BCUT2D eigenvalue weighted by atomic mass is 10.1. The third kappa shape index (κ3) is 2.72. The normalized spacial score (nSPS) is 10.9. The highest BCUT2D eigenvalue weighted by Crippen LogP contribution is 2.20. The molecule has 0 atom stereocenters. The monoisotopic (exact) mass is 315 g/mol. The van der Waals surface area contributed by atoms with Crippen molar-refractivity contribution >= 4 is 22.8 Å². The summed E-state index contributed by atoms with van der Waals surface area (Å²) in [6.07, 6.45) is 3.52. The Labute approximate surface area is 140 Å². The van der Waals surface area contributed by atoms with E-state index in [-0.39, 0.29) is 0 Å². The molecule has 0 spiro atoms. The summed E-state index contributed by atoms with van der Waals surface area (Å²) in [6.45, 7) is 4.15. The summed E-state index contributed by atoms with van der Waals surface area (Å²) in [5.74, 6) is 0.560. The molecule has 0 aliphatic heterocycles. The molecule has 24 heavy (non-hydrogen) atoms. The second-order valence-corrected chi connectivity index (χ2v) is 5.85. The van der Waals surface area contributed by atoms with Gasteiger partial charge in [0.15, 0.2) is 5.65 Å². The fourth-order valence-electron chi connectivity index (χ4n) is 2.82. The van der Waals surface area contributed by atoms with E-state index in [1.165, 1.54) is 11.1 Å². The Morgan fingerprint density at radius 2 is 1.67 bits per heavy atom. The van der Waals surface area contributed by atoms with Gasteiger partial charge in [0, 0.05) is 11.4 Å². The molecule has 0 fully saturated rings. The van der Waals surface area contributed by atoms with Crippen molar-refractivity contribution in [2.24, 2.45) is 0 Å². The number of nitrogens with zero attached hydrogens (tertiary/aromatic N) is 4. The van der Waals surface area contributed by atoms with E-state index in [0.29, 0.717) is 5.95 Å². The zero-order chi connectivity index (χ0) is 16.5. The molecule has 2 aromatic carbocycles. The number of aromatic nitrogens is 4. The smallest absolute Gasteiger partial charge is 0.229 e. The van der Waals surface area contributed by atoms with Crippen LogP contribution in [0.4, 0.5) is 11.6 Å². The van der Waals surface area contributed by atoms with Crippen molar-refractivity contribution in [3.05, 3.63) is 72.2 Å². The molecule has 4 aromatic rings. The van der Waals surface area contributed by atoms with E-state index in [9.17, 15) is 0 Å². The summed E-state index contributed by atoms with van der Waals surface area (Å²) in [7, 11) is 0. The topological polar surface area (TPSA) is 55.6 Å². The molecule has 4 rings (SSSR count). The molecular weight excluding hydrogens is 298 g/mol. The van der Waals surface area contributed by atoms with Crippen molar-refractivity contribution in [2.45, 2.75) is 13.8 Å². The number of aryl methyl sites for hydroxylation is 2. The lowest BCUT2D eigenvalue weighted by molar-refractivity contribution is 1.06. The number of imidazole rings is 1. The number of hydrogen-bond acceptors (Lipinski definition) is 4. The van der Waals surface area contributed by atoms with E-state index in [0.717, 1.165) is 22.5 Å². The molecule has 5 heteroatoms. The van der Waals surface area contributed by atoms with Crippen LogP contribution in [0.1, 0.15) is 11.1 Å². The summed E-state index contributed by atoms with van der Waals surface area (Å²) in [4.78, 5) is 13.4. The minimum Gasteiger partial charge on any atom is -0.324 e. The van der Waals surface area contributed by atoms with E-state index >= 15 is 0 Å². The predicted octanol–water partition coefficient (Wildman–Crippen LogP) is 4.18. The van der Waals surface area contributed by atoms with Crippen molar-refractivity contribution < 1.29 is 0 Å². The van der Waals surface area contributed by atoms with Gasteiger partial charge in [0.2, 0.25) is 5.95 Å². The zero-order valence-electron chi connectivity index (χ0n) is 13.6. The van der Waals surface area contributed by atoms with Crippen LogP contribution < -0.4 is 5.32 Å². The standard InChI is InChI=1S/C19H17N5/c1-13-8-14(2)10-15(9-13)22-19-20-11-17-18(23-19)24(12-21-17)16-6-4-3-5-7-16/h3-12H,1-2H3,(H,20,22,23). The van der Waals surface area contributed by atoms with Gasteiger partial charge in [0.1, 0.15) is 11.8 Å². The molecule has 0 aliphatic rings. The third-order valence-electron chi connectivity index (χ3n) is 3.80. The SMILES string of the molecule is Cc1cc(C)cc(Nc2ncc3ncn(-c4ccccc4)c3n2)c1. The van der Waals surface area contributed by atoms with Crippen LogP contribution in [0.3, 0.4) is 0 Å². The van der Waals surface area contributed by atoms with Crippen LogP contribution in [0.25, 0.3) is 16.9 Å². The van der Waals surface area contributed by atoms with Gasteiger partial charge in [-0.2, -0.15) is 4.98 Å². The van der Waals surface area contributed by atoms with Crippen molar-refractivity contribution in [1.82, 2.24) is 19.5 Å². The molecule has 0 bridgehead atoms. The van der Waals surface area contributed by atoms with Crippen molar-refractivity contribution in [2.75, 3.05) is 5.32 Å². The molecule has 0 aliphatic carbocycles. The Kier molecular flexibility index (Phi) is 3.46. The molecule has 0 saturated carbocycles. The van der Waals surface area contributed by atoms with Crippen LogP contribution in [0.15, 0.2) is 61.1 Å². The molecule has 1 N–H and O–H groups in total. The summed E-state index contributed by atoms with van der Waals surface area (Å²) >= 11 is 0. The Bertz CT molecular complexity index is 985. The van der Waals surface area contributed by atoms with Crippen molar-refractivity contribution in [3.8, 4) is 5.69 Å². The highest BCUT2D eigenvalue weighted by atomic mass is 15.2. The highest BCUT2D eigenvalue weighted by Gasteiger charge is 2.08. The first kappa shape index (κ1) is 14.4. The molecule has 0 unspecified atom stereocenters. The number of rotatable bonds is 3. The molecule has 0 amide bonds. The molecule has 0 radical (unpaired) electrons. The van der Waals surface area contributed by atoms with Gasteiger partial charge in [-0.1, -0.05) is 24.3 Å². The summed E-state index contributed by atoms with van der Waals surface area (Å²) in [6, 6.07) is 16.3. The van der Waals surface area contributed by atoms with Crippen LogP contribution in [0.5, 0.6) is 0 Å². The van der Waals surface area contributed by atoms with E-state index in [2.05, 4.69) is 52.3 Å². The maximum atomic E-state index is 4.64. The third-order valence-corrected chi connectivity index (χ3v) is 3.80. The van der Waals surface area contributed by atoms with Crippen LogP contribution in [0, 0.1) is 13.8 Å². The average Bonchev–Trinajstić information content (AvgIpc) is 2.98. The van der Waals surface area contributed by atoms with Crippen LogP contribution >= 0.6 is 0 Å². The fraction of sp³-hybridized carbons (Fsp3) is 0.105. The van der Waals surface area contributed by atoms with Crippen molar-refractivity contribution in [1.29, 1.82) is 0 Å². The van der Waals surface area contributed by atoms with Gasteiger partial charge >= 0.3 is 0 Å². The molecule has 0 saturated heterocycles. The maximum Gasteiger partial charge on any atom is 0.229 e. The number of para-hydroxylation sites is 1. The number of fused-ring (bicyclic) bond motifs is 1. The number of benzene rings is 2. The summed E-state index contributed by atoms with van der Waals surface area (Å²) < 4.78 is 1.96. The largest absolute Gasteiger partial charge is 0.324 e. The molecule has 2 heterocycles. The molecular formula is C19H17N5. The van der Waals surface area contributed by atoms with Gasteiger partial charge in [-0.15, -0.1) is 0 Å². The van der Waals surface area contributed by atoms with Crippen LogP contribution in [0.2, 0.25) is 0 Å². The second kappa shape index (κ2) is 5.77. The van der Waals surface area contributed by atoms with Crippen LogP contribution in [-0.4, -0.2) is 19.5 Å². The summed E-state index contributed by atoms with van der Waals surface area (Å²) in [5.41, 5.74) is 5.96. The van der Waals surface area contributed by atoms with Crippen molar-refractivity contribution in [3.63, 3.8) is 0 Å². The maximum absolute atomic E-state index is 4.64. The van der Waals surface area contributed by atoms with Crippen LogP contribution in [-0.2, 0) is 0 Å². The van der Waals surface area contributed by atoms with E-state index in [1.54, 1.807) is 12.5 Å².